The highest BCUT2D eigenvalue weighted by atomic mass is 79.9. The maximum absolute atomic E-state index is 12.6. The average Bonchev–Trinajstić information content (AvgIpc) is 2.35. The number of aryl methyl sites for hydroxylation is 1. The molecule has 106 valence electrons. The molecule has 20 heavy (non-hydrogen) atoms. The predicted octanol–water partition coefficient (Wildman–Crippen LogP) is 4.18. The lowest BCUT2D eigenvalue weighted by atomic mass is 10.1. The molecule has 0 spiro atoms. The minimum atomic E-state index is -4.33. The number of hydrogen-bond acceptors (Lipinski definition) is 3. The Labute approximate surface area is 122 Å². The molecular weight excluding hydrogens is 335 g/mol. The standard InChI is InChI=1S/C13H11BrF3N3/c1-8-19-11(14)6-12(20-8)18-7-9-3-2-4-10(5-9)13(15,16)17/h2-6H,7H2,1H3,(H,18,19,20). The molecule has 0 atom stereocenters. The number of hydrogen-bond donors (Lipinski definition) is 1. The first-order chi connectivity index (χ1) is 9.34. The molecule has 7 heteroatoms. The average molecular weight is 346 g/mol. The molecule has 0 saturated heterocycles. The molecule has 3 nitrogen and oxygen atoms in total. The third-order valence-electron chi connectivity index (χ3n) is 2.53. The van der Waals surface area contributed by atoms with Crippen LogP contribution < -0.4 is 5.32 Å². The van der Waals surface area contributed by atoms with Gasteiger partial charge in [-0.15, -0.1) is 0 Å². The van der Waals surface area contributed by atoms with E-state index < -0.39 is 11.7 Å². The first-order valence-corrected chi connectivity index (χ1v) is 6.55. The Bertz CT molecular complexity index is 594. The number of nitrogens with one attached hydrogen (secondary N) is 1. The van der Waals surface area contributed by atoms with E-state index in [4.69, 9.17) is 0 Å². The molecule has 0 radical (unpaired) electrons. The van der Waals surface area contributed by atoms with Crippen molar-refractivity contribution in [1.29, 1.82) is 0 Å². The second-order valence-electron chi connectivity index (χ2n) is 4.17. The van der Waals surface area contributed by atoms with Crippen LogP contribution in [0.15, 0.2) is 34.9 Å². The van der Waals surface area contributed by atoms with Crippen molar-refractivity contribution in [2.24, 2.45) is 0 Å². The van der Waals surface area contributed by atoms with E-state index in [0.717, 1.165) is 12.1 Å². The van der Waals surface area contributed by atoms with Crippen molar-refractivity contribution in [3.8, 4) is 0 Å². The van der Waals surface area contributed by atoms with Crippen LogP contribution >= 0.6 is 15.9 Å². The Morgan fingerprint density at radius 3 is 2.60 bits per heavy atom. The smallest absolute Gasteiger partial charge is 0.366 e. The molecular formula is C13H11BrF3N3. The predicted molar refractivity (Wildman–Crippen MR) is 73.2 cm³/mol. The summed E-state index contributed by atoms with van der Waals surface area (Å²) >= 11 is 3.24. The van der Waals surface area contributed by atoms with Crippen LogP contribution in [0.4, 0.5) is 19.0 Å². The van der Waals surface area contributed by atoms with E-state index in [0.29, 0.717) is 21.8 Å². The van der Waals surface area contributed by atoms with Gasteiger partial charge >= 0.3 is 6.18 Å². The molecule has 0 saturated carbocycles. The first kappa shape index (κ1) is 14.8. The van der Waals surface area contributed by atoms with Crippen molar-refractivity contribution < 1.29 is 13.2 Å². The largest absolute Gasteiger partial charge is 0.416 e. The van der Waals surface area contributed by atoms with Crippen molar-refractivity contribution in [3.05, 3.63) is 51.9 Å². The van der Waals surface area contributed by atoms with E-state index >= 15 is 0 Å². The van der Waals surface area contributed by atoms with Crippen LogP contribution in [0, 0.1) is 6.92 Å². The number of benzene rings is 1. The maximum Gasteiger partial charge on any atom is 0.416 e. The van der Waals surface area contributed by atoms with Gasteiger partial charge in [0.1, 0.15) is 16.2 Å². The van der Waals surface area contributed by atoms with Gasteiger partial charge in [-0.2, -0.15) is 13.2 Å². The molecule has 1 aromatic heterocycles. The van der Waals surface area contributed by atoms with Crippen molar-refractivity contribution >= 4 is 21.7 Å². The summed E-state index contributed by atoms with van der Waals surface area (Å²) in [5.74, 6) is 1.13. The minimum Gasteiger partial charge on any atom is -0.366 e. The van der Waals surface area contributed by atoms with Crippen LogP contribution in [0.25, 0.3) is 0 Å². The molecule has 0 amide bonds. The van der Waals surface area contributed by atoms with Crippen molar-refractivity contribution in [1.82, 2.24) is 9.97 Å². The molecule has 1 aromatic carbocycles. The Kier molecular flexibility index (Phi) is 4.27. The number of aromatic nitrogens is 2. The van der Waals surface area contributed by atoms with Crippen LogP contribution in [0.1, 0.15) is 17.0 Å². The van der Waals surface area contributed by atoms with E-state index in [1.165, 1.54) is 6.07 Å². The Morgan fingerprint density at radius 1 is 1.20 bits per heavy atom. The molecule has 0 aliphatic heterocycles. The van der Waals surface area contributed by atoms with Gasteiger partial charge in [-0.25, -0.2) is 9.97 Å². The van der Waals surface area contributed by atoms with Gasteiger partial charge in [0.25, 0.3) is 0 Å². The van der Waals surface area contributed by atoms with Gasteiger partial charge in [-0.05, 0) is 40.5 Å². The Hall–Kier alpha value is -1.63. The summed E-state index contributed by atoms with van der Waals surface area (Å²) in [6.45, 7) is 1.99. The zero-order valence-corrected chi connectivity index (χ0v) is 12.1. The van der Waals surface area contributed by atoms with Gasteiger partial charge < -0.3 is 5.32 Å². The Morgan fingerprint density at radius 2 is 1.95 bits per heavy atom. The fourth-order valence-electron chi connectivity index (χ4n) is 1.67. The Balaban J connectivity index is 2.11. The van der Waals surface area contributed by atoms with Gasteiger partial charge in [0.2, 0.25) is 0 Å². The molecule has 0 unspecified atom stereocenters. The summed E-state index contributed by atoms with van der Waals surface area (Å²) < 4.78 is 38.4. The summed E-state index contributed by atoms with van der Waals surface area (Å²) in [5, 5.41) is 2.97. The number of nitrogens with zero attached hydrogens (tertiary/aromatic N) is 2. The molecule has 2 rings (SSSR count). The van der Waals surface area contributed by atoms with Crippen molar-refractivity contribution in [2.45, 2.75) is 19.6 Å². The normalized spacial score (nSPS) is 11.4. The van der Waals surface area contributed by atoms with E-state index in [1.807, 2.05) is 0 Å². The van der Waals surface area contributed by atoms with E-state index in [-0.39, 0.29) is 6.54 Å². The molecule has 0 fully saturated rings. The lowest BCUT2D eigenvalue weighted by Crippen LogP contribution is -2.07. The SMILES string of the molecule is Cc1nc(Br)cc(NCc2cccc(C(F)(F)F)c2)n1. The van der Waals surface area contributed by atoms with Gasteiger partial charge in [0.05, 0.1) is 5.56 Å². The lowest BCUT2D eigenvalue weighted by molar-refractivity contribution is -0.137. The summed E-state index contributed by atoms with van der Waals surface area (Å²) in [6.07, 6.45) is -4.33. The topological polar surface area (TPSA) is 37.8 Å². The molecule has 0 aliphatic carbocycles. The first-order valence-electron chi connectivity index (χ1n) is 5.76. The van der Waals surface area contributed by atoms with Crippen LogP contribution in [-0.4, -0.2) is 9.97 Å². The van der Waals surface area contributed by atoms with E-state index in [9.17, 15) is 13.2 Å². The van der Waals surface area contributed by atoms with Crippen LogP contribution in [0.3, 0.4) is 0 Å². The maximum atomic E-state index is 12.6. The summed E-state index contributed by atoms with van der Waals surface area (Å²) in [7, 11) is 0. The zero-order chi connectivity index (χ0) is 14.8. The number of halogens is 4. The van der Waals surface area contributed by atoms with Crippen LogP contribution in [0.2, 0.25) is 0 Å². The highest BCUT2D eigenvalue weighted by molar-refractivity contribution is 9.10. The monoisotopic (exact) mass is 345 g/mol. The third kappa shape index (κ3) is 3.93. The highest BCUT2D eigenvalue weighted by Crippen LogP contribution is 2.29. The van der Waals surface area contributed by atoms with Crippen molar-refractivity contribution in [3.63, 3.8) is 0 Å². The van der Waals surface area contributed by atoms with E-state index in [2.05, 4.69) is 31.2 Å². The molecule has 0 aliphatic rings. The highest BCUT2D eigenvalue weighted by Gasteiger charge is 2.30. The molecule has 1 N–H and O–H groups in total. The van der Waals surface area contributed by atoms with Crippen molar-refractivity contribution in [2.75, 3.05) is 5.32 Å². The third-order valence-corrected chi connectivity index (χ3v) is 2.94. The van der Waals surface area contributed by atoms with Crippen LogP contribution in [0.5, 0.6) is 0 Å². The second kappa shape index (κ2) is 5.78. The molecule has 1 heterocycles. The van der Waals surface area contributed by atoms with Crippen LogP contribution in [-0.2, 0) is 12.7 Å². The van der Waals surface area contributed by atoms with E-state index in [1.54, 1.807) is 19.1 Å². The van der Waals surface area contributed by atoms with Gasteiger partial charge in [0, 0.05) is 12.6 Å². The second-order valence-corrected chi connectivity index (χ2v) is 4.99. The number of anilines is 1. The number of rotatable bonds is 3. The molecule has 0 bridgehead atoms. The van der Waals surface area contributed by atoms with Gasteiger partial charge in [0.15, 0.2) is 0 Å². The fourth-order valence-corrected chi connectivity index (χ4v) is 2.15. The summed E-state index contributed by atoms with van der Waals surface area (Å²) in [6, 6.07) is 6.86. The molecule has 2 aromatic rings. The lowest BCUT2D eigenvalue weighted by Gasteiger charge is -2.10. The fraction of sp³-hybridized carbons (Fsp3) is 0.231. The number of alkyl halides is 3. The summed E-state index contributed by atoms with van der Waals surface area (Å²) in [4.78, 5) is 8.20. The quantitative estimate of drug-likeness (QED) is 0.848. The van der Waals surface area contributed by atoms with Gasteiger partial charge in [-0.1, -0.05) is 12.1 Å². The van der Waals surface area contributed by atoms with Gasteiger partial charge in [-0.3, -0.25) is 0 Å². The zero-order valence-electron chi connectivity index (χ0n) is 10.5. The minimum absolute atomic E-state index is 0.257. The summed E-state index contributed by atoms with van der Waals surface area (Å²) in [5.41, 5.74) is -0.121.